The summed E-state index contributed by atoms with van der Waals surface area (Å²) in [6, 6.07) is 4.51. The van der Waals surface area contributed by atoms with E-state index in [0.717, 1.165) is 0 Å². The molecule has 1 aromatic rings. The van der Waals surface area contributed by atoms with E-state index in [-0.39, 0.29) is 11.6 Å². The van der Waals surface area contributed by atoms with E-state index >= 15 is 0 Å². The zero-order chi connectivity index (χ0) is 14.4. The minimum atomic E-state index is -1.06. The smallest absolute Gasteiger partial charge is 0.274 e. The topological polar surface area (TPSA) is 72.2 Å². The highest BCUT2D eigenvalue weighted by Gasteiger charge is 2.67. The number of anilines is 1. The number of benzene rings is 1. The van der Waals surface area contributed by atoms with Crippen LogP contribution in [0.2, 0.25) is 0 Å². The van der Waals surface area contributed by atoms with Crippen LogP contribution in [0.25, 0.3) is 0 Å². The van der Waals surface area contributed by atoms with Crippen LogP contribution in [0.15, 0.2) is 18.2 Å². The SMILES string of the molecule is Cc1ccc(NC(=O)C2(C)CC2(Cl)Cl)cc1[N+](=O)[O-]. The van der Waals surface area contributed by atoms with E-state index in [2.05, 4.69) is 5.32 Å². The van der Waals surface area contributed by atoms with Crippen LogP contribution in [0.3, 0.4) is 0 Å². The van der Waals surface area contributed by atoms with Gasteiger partial charge < -0.3 is 5.32 Å². The van der Waals surface area contributed by atoms with E-state index in [1.807, 2.05) is 0 Å². The predicted octanol–water partition coefficient (Wildman–Crippen LogP) is 3.43. The molecule has 1 unspecified atom stereocenters. The first-order chi connectivity index (χ1) is 8.67. The number of nitro groups is 1. The summed E-state index contributed by atoms with van der Waals surface area (Å²) in [7, 11) is 0. The van der Waals surface area contributed by atoms with Crippen molar-refractivity contribution in [1.82, 2.24) is 0 Å². The van der Waals surface area contributed by atoms with Gasteiger partial charge in [-0.1, -0.05) is 6.07 Å². The maximum atomic E-state index is 12.0. The predicted molar refractivity (Wildman–Crippen MR) is 73.6 cm³/mol. The van der Waals surface area contributed by atoms with Crippen molar-refractivity contribution in [2.75, 3.05) is 5.32 Å². The first-order valence-electron chi connectivity index (χ1n) is 5.62. The number of hydrogen-bond acceptors (Lipinski definition) is 3. The minimum Gasteiger partial charge on any atom is -0.325 e. The van der Waals surface area contributed by atoms with Crippen molar-refractivity contribution in [1.29, 1.82) is 0 Å². The number of nitrogens with one attached hydrogen (secondary N) is 1. The standard InChI is InChI=1S/C12H12Cl2N2O3/c1-7-3-4-8(5-9(7)16(18)19)15-10(17)11(2)6-12(11,13)14/h3-5H,6H2,1-2H3,(H,15,17). The molecule has 0 heterocycles. The first kappa shape index (κ1) is 14.1. The van der Waals surface area contributed by atoms with Gasteiger partial charge in [-0.2, -0.15) is 0 Å². The van der Waals surface area contributed by atoms with Gasteiger partial charge in [0, 0.05) is 17.3 Å². The molecule has 1 N–H and O–H groups in total. The molecule has 1 aliphatic carbocycles. The van der Waals surface area contributed by atoms with Crippen LogP contribution in [-0.2, 0) is 4.79 Å². The number of halogens is 2. The van der Waals surface area contributed by atoms with E-state index in [0.29, 0.717) is 17.7 Å². The fraction of sp³-hybridized carbons (Fsp3) is 0.417. The number of aryl methyl sites for hydroxylation is 1. The van der Waals surface area contributed by atoms with Crippen molar-refractivity contribution in [2.24, 2.45) is 5.41 Å². The van der Waals surface area contributed by atoms with Gasteiger partial charge in [-0.15, -0.1) is 23.2 Å². The Bertz CT molecular complexity index is 574. The molecule has 1 atom stereocenters. The van der Waals surface area contributed by atoms with Gasteiger partial charge in [-0.3, -0.25) is 14.9 Å². The number of amides is 1. The molecule has 7 heteroatoms. The zero-order valence-corrected chi connectivity index (χ0v) is 11.9. The molecule has 102 valence electrons. The van der Waals surface area contributed by atoms with E-state index in [4.69, 9.17) is 23.2 Å². The van der Waals surface area contributed by atoms with Crippen molar-refractivity contribution in [3.63, 3.8) is 0 Å². The highest BCUT2D eigenvalue weighted by Crippen LogP contribution is 2.64. The van der Waals surface area contributed by atoms with Gasteiger partial charge in [0.15, 0.2) is 0 Å². The zero-order valence-electron chi connectivity index (χ0n) is 10.4. The van der Waals surface area contributed by atoms with Crippen LogP contribution < -0.4 is 5.32 Å². The van der Waals surface area contributed by atoms with Crippen molar-refractivity contribution >= 4 is 40.5 Å². The summed E-state index contributed by atoms with van der Waals surface area (Å²) in [5, 5.41) is 13.4. The summed E-state index contributed by atoms with van der Waals surface area (Å²) in [4.78, 5) is 22.4. The number of carbonyl (C=O) groups excluding carboxylic acids is 1. The highest BCUT2D eigenvalue weighted by molar-refractivity contribution is 6.53. The molecular formula is C12H12Cl2N2O3. The lowest BCUT2D eigenvalue weighted by Gasteiger charge is -2.12. The summed E-state index contributed by atoms with van der Waals surface area (Å²) in [6.07, 6.45) is 0.364. The number of hydrogen-bond donors (Lipinski definition) is 1. The molecular weight excluding hydrogens is 291 g/mol. The Hall–Kier alpha value is -1.33. The van der Waals surface area contributed by atoms with Gasteiger partial charge in [-0.25, -0.2) is 0 Å². The second-order valence-corrected chi connectivity index (χ2v) is 6.41. The molecule has 1 aliphatic rings. The quantitative estimate of drug-likeness (QED) is 0.528. The molecule has 2 rings (SSSR count). The minimum absolute atomic E-state index is 0.0400. The first-order valence-corrected chi connectivity index (χ1v) is 6.37. The van der Waals surface area contributed by atoms with Gasteiger partial charge in [0.05, 0.1) is 10.3 Å². The second kappa shape index (κ2) is 4.35. The molecule has 5 nitrogen and oxygen atoms in total. The van der Waals surface area contributed by atoms with Crippen LogP contribution >= 0.6 is 23.2 Å². The largest absolute Gasteiger partial charge is 0.325 e. The molecule has 19 heavy (non-hydrogen) atoms. The monoisotopic (exact) mass is 302 g/mol. The molecule has 0 aliphatic heterocycles. The van der Waals surface area contributed by atoms with Gasteiger partial charge in [0.2, 0.25) is 5.91 Å². The third kappa shape index (κ3) is 2.40. The maximum absolute atomic E-state index is 12.0. The van der Waals surface area contributed by atoms with Crippen LogP contribution in [0.4, 0.5) is 11.4 Å². The van der Waals surface area contributed by atoms with Gasteiger partial charge >= 0.3 is 0 Å². The lowest BCUT2D eigenvalue weighted by Crippen LogP contribution is -2.25. The van der Waals surface area contributed by atoms with Crippen LogP contribution in [0.1, 0.15) is 18.9 Å². The van der Waals surface area contributed by atoms with E-state index < -0.39 is 14.7 Å². The van der Waals surface area contributed by atoms with Crippen LogP contribution in [-0.4, -0.2) is 15.2 Å². The molecule has 1 saturated carbocycles. The molecule has 0 aromatic heterocycles. The van der Waals surface area contributed by atoms with Crippen LogP contribution in [0.5, 0.6) is 0 Å². The Labute approximate surface area is 120 Å². The number of rotatable bonds is 3. The second-order valence-electron chi connectivity index (χ2n) is 4.93. The van der Waals surface area contributed by atoms with E-state index in [1.54, 1.807) is 26.0 Å². The average molecular weight is 303 g/mol. The molecule has 0 bridgehead atoms. The maximum Gasteiger partial charge on any atom is 0.274 e. The lowest BCUT2D eigenvalue weighted by atomic mass is 10.1. The Morgan fingerprint density at radius 2 is 2.05 bits per heavy atom. The van der Waals surface area contributed by atoms with Crippen molar-refractivity contribution in [3.8, 4) is 0 Å². The van der Waals surface area contributed by atoms with Crippen LogP contribution in [0, 0.1) is 22.5 Å². The number of nitro benzene ring substituents is 1. The Morgan fingerprint density at radius 3 is 2.53 bits per heavy atom. The van der Waals surface area contributed by atoms with Crippen molar-refractivity contribution in [3.05, 3.63) is 33.9 Å². The Morgan fingerprint density at radius 1 is 1.47 bits per heavy atom. The van der Waals surface area contributed by atoms with Gasteiger partial charge in [0.25, 0.3) is 5.69 Å². The van der Waals surface area contributed by atoms with Crippen molar-refractivity contribution < 1.29 is 9.72 Å². The number of alkyl halides is 2. The summed E-state index contributed by atoms with van der Waals surface area (Å²) in [5.74, 6) is -0.337. The van der Waals surface area contributed by atoms with Gasteiger partial charge in [0.1, 0.15) is 4.33 Å². The normalized spacial score (nSPS) is 23.8. The van der Waals surface area contributed by atoms with E-state index in [9.17, 15) is 14.9 Å². The average Bonchev–Trinajstić information content (AvgIpc) is 2.82. The van der Waals surface area contributed by atoms with E-state index in [1.165, 1.54) is 6.07 Å². The van der Waals surface area contributed by atoms with Crippen molar-refractivity contribution in [2.45, 2.75) is 24.6 Å². The summed E-state index contributed by atoms with van der Waals surface area (Å²) in [5.41, 5.74) is 0.00135. The third-order valence-electron chi connectivity index (χ3n) is 3.42. The number of carbonyl (C=O) groups is 1. The molecule has 0 spiro atoms. The molecule has 1 fully saturated rings. The summed E-state index contributed by atoms with van der Waals surface area (Å²) < 4.78 is -1.06. The Kier molecular flexibility index (Phi) is 3.23. The van der Waals surface area contributed by atoms with Gasteiger partial charge in [-0.05, 0) is 26.3 Å². The number of nitrogens with zero attached hydrogens (tertiary/aromatic N) is 1. The molecule has 0 saturated heterocycles. The summed E-state index contributed by atoms with van der Waals surface area (Å²) in [6.45, 7) is 3.29. The highest BCUT2D eigenvalue weighted by atomic mass is 35.5. The molecule has 1 aromatic carbocycles. The lowest BCUT2D eigenvalue weighted by molar-refractivity contribution is -0.385. The molecule has 0 radical (unpaired) electrons. The fourth-order valence-corrected chi connectivity index (χ4v) is 2.51. The summed E-state index contributed by atoms with van der Waals surface area (Å²) >= 11 is 11.8. The Balaban J connectivity index is 2.19. The fourth-order valence-electron chi connectivity index (χ4n) is 1.80. The third-order valence-corrected chi connectivity index (χ3v) is 4.52. The molecule has 1 amide bonds.